The van der Waals surface area contributed by atoms with Gasteiger partial charge in [0.1, 0.15) is 0 Å². The normalized spacial score (nSPS) is 27.8. The summed E-state index contributed by atoms with van der Waals surface area (Å²) < 4.78 is 0. The van der Waals surface area contributed by atoms with Crippen LogP contribution in [0.2, 0.25) is 0 Å². The van der Waals surface area contributed by atoms with Gasteiger partial charge in [-0.25, -0.2) is 0 Å². The molecular weight excluding hydrogens is 234 g/mol. The van der Waals surface area contributed by atoms with Crippen LogP contribution in [-0.4, -0.2) is 72.6 Å². The molecule has 2 aliphatic heterocycles. The lowest BCUT2D eigenvalue weighted by Crippen LogP contribution is -2.49. The molecule has 1 atom stereocenters. The maximum absolute atomic E-state index is 2.68. The average molecular weight is 267 g/mol. The molecule has 0 aromatic heterocycles. The molecule has 2 rings (SSSR count). The summed E-state index contributed by atoms with van der Waals surface area (Å²) in [6.07, 6.45) is 2.83. The van der Waals surface area contributed by atoms with Gasteiger partial charge in [-0.05, 0) is 59.5 Å². The molecule has 2 heterocycles. The van der Waals surface area contributed by atoms with Crippen molar-refractivity contribution in [3.63, 3.8) is 0 Å². The van der Waals surface area contributed by atoms with Gasteiger partial charge < -0.3 is 9.80 Å². The third kappa shape index (κ3) is 4.44. The summed E-state index contributed by atoms with van der Waals surface area (Å²) in [5.41, 5.74) is 0. The van der Waals surface area contributed by atoms with E-state index in [-0.39, 0.29) is 0 Å². The molecule has 3 nitrogen and oxygen atoms in total. The van der Waals surface area contributed by atoms with Crippen LogP contribution in [0.3, 0.4) is 0 Å². The Kier molecular flexibility index (Phi) is 5.67. The number of hydrogen-bond acceptors (Lipinski definition) is 3. The van der Waals surface area contributed by atoms with Gasteiger partial charge in [0, 0.05) is 44.8 Å². The number of rotatable bonds is 5. The number of nitrogens with zero attached hydrogens (tertiary/aromatic N) is 3. The first kappa shape index (κ1) is 15.3. The van der Waals surface area contributed by atoms with Gasteiger partial charge >= 0.3 is 0 Å². The zero-order valence-corrected chi connectivity index (χ0v) is 13.4. The highest BCUT2D eigenvalue weighted by molar-refractivity contribution is 4.80. The van der Waals surface area contributed by atoms with Crippen molar-refractivity contribution in [1.29, 1.82) is 0 Å². The SMILES string of the molecule is CC(C)N1CCN(CC[C@H]2CCN(C(C)C)C2)CC1. The zero-order valence-electron chi connectivity index (χ0n) is 13.4. The Morgan fingerprint density at radius 2 is 1.47 bits per heavy atom. The molecule has 2 aliphatic rings. The van der Waals surface area contributed by atoms with Crippen LogP contribution in [-0.2, 0) is 0 Å². The first-order valence-corrected chi connectivity index (χ1v) is 8.26. The fraction of sp³-hybridized carbons (Fsp3) is 1.00. The van der Waals surface area contributed by atoms with Crippen molar-refractivity contribution in [1.82, 2.24) is 14.7 Å². The van der Waals surface area contributed by atoms with Crippen molar-refractivity contribution in [3.8, 4) is 0 Å². The number of piperazine rings is 1. The van der Waals surface area contributed by atoms with E-state index in [2.05, 4.69) is 42.4 Å². The van der Waals surface area contributed by atoms with E-state index in [0.29, 0.717) is 0 Å². The zero-order chi connectivity index (χ0) is 13.8. The highest BCUT2D eigenvalue weighted by Gasteiger charge is 2.25. The summed E-state index contributed by atoms with van der Waals surface area (Å²) in [5, 5.41) is 0. The van der Waals surface area contributed by atoms with E-state index in [4.69, 9.17) is 0 Å². The summed E-state index contributed by atoms with van der Waals surface area (Å²) in [6, 6.07) is 1.45. The highest BCUT2D eigenvalue weighted by atomic mass is 15.3. The molecule has 0 aromatic rings. The quantitative estimate of drug-likeness (QED) is 0.755. The number of likely N-dealkylation sites (tertiary alicyclic amines) is 1. The molecule has 0 radical (unpaired) electrons. The van der Waals surface area contributed by atoms with Gasteiger partial charge in [-0.1, -0.05) is 0 Å². The topological polar surface area (TPSA) is 9.72 Å². The van der Waals surface area contributed by atoms with Crippen LogP contribution in [0, 0.1) is 5.92 Å². The van der Waals surface area contributed by atoms with Crippen molar-refractivity contribution >= 4 is 0 Å². The van der Waals surface area contributed by atoms with Crippen LogP contribution in [0.4, 0.5) is 0 Å². The van der Waals surface area contributed by atoms with Gasteiger partial charge in [-0.3, -0.25) is 4.90 Å². The van der Waals surface area contributed by atoms with Crippen molar-refractivity contribution in [3.05, 3.63) is 0 Å². The summed E-state index contributed by atoms with van der Waals surface area (Å²) in [5.74, 6) is 0.950. The van der Waals surface area contributed by atoms with Crippen LogP contribution in [0.25, 0.3) is 0 Å². The number of hydrogen-bond donors (Lipinski definition) is 0. The fourth-order valence-electron chi connectivity index (χ4n) is 3.44. The Balaban J connectivity index is 1.62. The van der Waals surface area contributed by atoms with Gasteiger partial charge in [0.25, 0.3) is 0 Å². The molecular formula is C16H33N3. The summed E-state index contributed by atoms with van der Waals surface area (Å²) in [4.78, 5) is 7.92. The average Bonchev–Trinajstić information content (AvgIpc) is 2.86. The maximum atomic E-state index is 2.68. The Bertz CT molecular complexity index is 257. The monoisotopic (exact) mass is 267 g/mol. The first-order valence-electron chi connectivity index (χ1n) is 8.26. The molecule has 0 saturated carbocycles. The Morgan fingerprint density at radius 1 is 0.842 bits per heavy atom. The van der Waals surface area contributed by atoms with Gasteiger partial charge in [0.2, 0.25) is 0 Å². The minimum atomic E-state index is 0.719. The molecule has 0 N–H and O–H groups in total. The predicted octanol–water partition coefficient (Wildman–Crippen LogP) is 2.13. The second-order valence-electron chi connectivity index (χ2n) is 7.00. The van der Waals surface area contributed by atoms with E-state index in [1.54, 1.807) is 0 Å². The van der Waals surface area contributed by atoms with Crippen molar-refractivity contribution in [2.45, 2.75) is 52.6 Å². The smallest absolute Gasteiger partial charge is 0.0113 e. The second kappa shape index (κ2) is 7.05. The summed E-state index contributed by atoms with van der Waals surface area (Å²) in [7, 11) is 0. The molecule has 0 aliphatic carbocycles. The van der Waals surface area contributed by atoms with Crippen LogP contribution in [0.15, 0.2) is 0 Å². The fourth-order valence-corrected chi connectivity index (χ4v) is 3.44. The maximum Gasteiger partial charge on any atom is 0.0113 e. The van der Waals surface area contributed by atoms with Crippen LogP contribution < -0.4 is 0 Å². The third-order valence-corrected chi connectivity index (χ3v) is 5.04. The van der Waals surface area contributed by atoms with E-state index in [0.717, 1.165) is 18.0 Å². The lowest BCUT2D eigenvalue weighted by atomic mass is 10.0. The van der Waals surface area contributed by atoms with E-state index in [9.17, 15) is 0 Å². The van der Waals surface area contributed by atoms with Crippen LogP contribution in [0.1, 0.15) is 40.5 Å². The van der Waals surface area contributed by atoms with Gasteiger partial charge in [0.15, 0.2) is 0 Å². The summed E-state index contributed by atoms with van der Waals surface area (Å²) in [6.45, 7) is 18.3. The van der Waals surface area contributed by atoms with Crippen molar-refractivity contribution < 1.29 is 0 Å². The Morgan fingerprint density at radius 3 is 2.00 bits per heavy atom. The molecule has 0 bridgehead atoms. The molecule has 19 heavy (non-hydrogen) atoms. The minimum Gasteiger partial charge on any atom is -0.301 e. The standard InChI is InChI=1S/C16H33N3/c1-14(2)18-11-9-17(10-12-18)7-5-16-6-8-19(13-16)15(3)4/h14-16H,5-13H2,1-4H3/t16-/m0/s1. The molecule has 0 spiro atoms. The van der Waals surface area contributed by atoms with E-state index in [1.807, 2.05) is 0 Å². The molecule has 0 amide bonds. The van der Waals surface area contributed by atoms with Gasteiger partial charge in [-0.2, -0.15) is 0 Å². The third-order valence-electron chi connectivity index (χ3n) is 5.04. The lowest BCUT2D eigenvalue weighted by Gasteiger charge is -2.37. The van der Waals surface area contributed by atoms with Crippen molar-refractivity contribution in [2.75, 3.05) is 45.8 Å². The molecule has 3 heteroatoms. The van der Waals surface area contributed by atoms with Crippen LogP contribution >= 0.6 is 0 Å². The molecule has 2 saturated heterocycles. The molecule has 0 unspecified atom stereocenters. The largest absolute Gasteiger partial charge is 0.301 e. The Hall–Kier alpha value is -0.120. The van der Waals surface area contributed by atoms with Crippen LogP contribution in [0.5, 0.6) is 0 Å². The lowest BCUT2D eigenvalue weighted by molar-refractivity contribution is 0.104. The predicted molar refractivity (Wildman–Crippen MR) is 82.6 cm³/mol. The van der Waals surface area contributed by atoms with E-state index < -0.39 is 0 Å². The van der Waals surface area contributed by atoms with Gasteiger partial charge in [-0.15, -0.1) is 0 Å². The first-order chi connectivity index (χ1) is 9.06. The Labute approximate surface area is 119 Å². The van der Waals surface area contributed by atoms with E-state index in [1.165, 1.54) is 58.7 Å². The minimum absolute atomic E-state index is 0.719. The molecule has 2 fully saturated rings. The summed E-state index contributed by atoms with van der Waals surface area (Å²) >= 11 is 0. The van der Waals surface area contributed by atoms with Gasteiger partial charge in [0.05, 0.1) is 0 Å². The van der Waals surface area contributed by atoms with Crippen molar-refractivity contribution in [2.24, 2.45) is 5.92 Å². The molecule has 0 aromatic carbocycles. The highest BCUT2D eigenvalue weighted by Crippen LogP contribution is 2.22. The second-order valence-corrected chi connectivity index (χ2v) is 7.00. The molecule has 112 valence electrons. The van der Waals surface area contributed by atoms with E-state index >= 15 is 0 Å².